The Balaban J connectivity index is 2.65. The normalized spacial score (nSPS) is 11.7. The maximum absolute atomic E-state index is 10.5. The number of carboxylic acid groups (broad SMARTS) is 1. The molecule has 0 aliphatic heterocycles. The van der Waals surface area contributed by atoms with Crippen molar-refractivity contribution in [3.8, 4) is 0 Å². The van der Waals surface area contributed by atoms with E-state index in [1.807, 2.05) is 10.8 Å². The molecule has 0 saturated heterocycles. The molecule has 0 amide bonds. The lowest BCUT2D eigenvalue weighted by atomic mass is 9.92. The SMILES string of the molecule is CC(C)(C)Cc1nccn1CCC(=O)O. The predicted molar refractivity (Wildman–Crippen MR) is 57.6 cm³/mol. The third kappa shape index (κ3) is 4.14. The van der Waals surface area contributed by atoms with Crippen molar-refractivity contribution in [2.75, 3.05) is 0 Å². The minimum atomic E-state index is -0.773. The summed E-state index contributed by atoms with van der Waals surface area (Å²) in [5.41, 5.74) is 0.173. The average molecular weight is 210 g/mol. The monoisotopic (exact) mass is 210 g/mol. The van der Waals surface area contributed by atoms with E-state index >= 15 is 0 Å². The number of rotatable bonds is 4. The van der Waals surface area contributed by atoms with E-state index in [0.717, 1.165) is 12.2 Å². The van der Waals surface area contributed by atoms with E-state index in [0.29, 0.717) is 6.54 Å². The lowest BCUT2D eigenvalue weighted by molar-refractivity contribution is -0.137. The molecule has 1 rings (SSSR count). The summed E-state index contributed by atoms with van der Waals surface area (Å²) in [6.45, 7) is 6.93. The van der Waals surface area contributed by atoms with Crippen molar-refractivity contribution in [2.45, 2.75) is 40.2 Å². The van der Waals surface area contributed by atoms with Crippen molar-refractivity contribution in [3.05, 3.63) is 18.2 Å². The second kappa shape index (κ2) is 4.47. The zero-order valence-corrected chi connectivity index (χ0v) is 9.53. The van der Waals surface area contributed by atoms with Crippen LogP contribution in [-0.2, 0) is 17.8 Å². The standard InChI is InChI=1S/C11H18N2O2/c1-11(2,3)8-9-12-5-7-13(9)6-4-10(14)15/h5,7H,4,6,8H2,1-3H3,(H,14,15). The van der Waals surface area contributed by atoms with E-state index in [2.05, 4.69) is 25.8 Å². The summed E-state index contributed by atoms with van der Waals surface area (Å²) >= 11 is 0. The van der Waals surface area contributed by atoms with Gasteiger partial charge in [-0.05, 0) is 5.41 Å². The summed E-state index contributed by atoms with van der Waals surface area (Å²) in [4.78, 5) is 14.7. The van der Waals surface area contributed by atoms with E-state index < -0.39 is 5.97 Å². The van der Waals surface area contributed by atoms with Crippen LogP contribution in [0.5, 0.6) is 0 Å². The Hall–Kier alpha value is -1.32. The maximum Gasteiger partial charge on any atom is 0.305 e. The summed E-state index contributed by atoms with van der Waals surface area (Å²) in [6.07, 6.45) is 4.57. The Morgan fingerprint density at radius 3 is 2.73 bits per heavy atom. The molecular weight excluding hydrogens is 192 g/mol. The van der Waals surface area contributed by atoms with Crippen LogP contribution in [0.4, 0.5) is 0 Å². The number of hydrogen-bond donors (Lipinski definition) is 1. The molecule has 0 saturated carbocycles. The van der Waals surface area contributed by atoms with Crippen LogP contribution in [0.15, 0.2) is 12.4 Å². The number of nitrogens with zero attached hydrogens (tertiary/aromatic N) is 2. The molecule has 1 N–H and O–H groups in total. The second-order valence-corrected chi connectivity index (χ2v) is 4.92. The second-order valence-electron chi connectivity index (χ2n) is 4.92. The Kier molecular flexibility index (Phi) is 3.50. The number of carboxylic acids is 1. The van der Waals surface area contributed by atoms with Crippen molar-refractivity contribution >= 4 is 5.97 Å². The van der Waals surface area contributed by atoms with Gasteiger partial charge in [0.25, 0.3) is 0 Å². The van der Waals surface area contributed by atoms with Crippen molar-refractivity contribution in [3.63, 3.8) is 0 Å². The third-order valence-corrected chi connectivity index (χ3v) is 2.06. The molecule has 0 fully saturated rings. The van der Waals surface area contributed by atoms with E-state index in [1.54, 1.807) is 6.20 Å². The van der Waals surface area contributed by atoms with Crippen molar-refractivity contribution in [1.82, 2.24) is 9.55 Å². The quantitative estimate of drug-likeness (QED) is 0.826. The first-order valence-corrected chi connectivity index (χ1v) is 5.10. The van der Waals surface area contributed by atoms with E-state index in [-0.39, 0.29) is 11.8 Å². The molecule has 4 heteroatoms. The third-order valence-electron chi connectivity index (χ3n) is 2.06. The molecule has 0 bridgehead atoms. The van der Waals surface area contributed by atoms with Crippen molar-refractivity contribution in [2.24, 2.45) is 5.41 Å². The minimum absolute atomic E-state index is 0.146. The average Bonchev–Trinajstić information content (AvgIpc) is 2.45. The largest absolute Gasteiger partial charge is 0.481 e. The van der Waals surface area contributed by atoms with Crippen molar-refractivity contribution < 1.29 is 9.90 Å². The van der Waals surface area contributed by atoms with Gasteiger partial charge in [-0.2, -0.15) is 0 Å². The molecule has 1 aromatic heterocycles. The van der Waals surface area contributed by atoms with E-state index in [4.69, 9.17) is 5.11 Å². The highest BCUT2D eigenvalue weighted by atomic mass is 16.4. The van der Waals surface area contributed by atoms with Crippen LogP contribution in [0.3, 0.4) is 0 Å². The van der Waals surface area contributed by atoms with Gasteiger partial charge in [-0.1, -0.05) is 20.8 Å². The molecule has 1 heterocycles. The predicted octanol–water partition coefficient (Wildman–Crippen LogP) is 1.95. The van der Waals surface area contributed by atoms with Gasteiger partial charge in [0.1, 0.15) is 5.82 Å². The van der Waals surface area contributed by atoms with Gasteiger partial charge in [-0.15, -0.1) is 0 Å². The zero-order chi connectivity index (χ0) is 11.5. The molecule has 0 spiro atoms. The topological polar surface area (TPSA) is 55.1 Å². The number of aromatic nitrogens is 2. The molecule has 15 heavy (non-hydrogen) atoms. The van der Waals surface area contributed by atoms with Gasteiger partial charge in [-0.25, -0.2) is 4.98 Å². The Morgan fingerprint density at radius 1 is 1.53 bits per heavy atom. The highest BCUT2D eigenvalue weighted by molar-refractivity contribution is 5.66. The Labute approximate surface area is 89.9 Å². The number of carbonyl (C=O) groups is 1. The molecule has 84 valence electrons. The highest BCUT2D eigenvalue weighted by Crippen LogP contribution is 2.19. The fourth-order valence-corrected chi connectivity index (χ4v) is 1.40. The van der Waals surface area contributed by atoms with Crippen LogP contribution in [0.2, 0.25) is 0 Å². The van der Waals surface area contributed by atoms with Crippen molar-refractivity contribution in [1.29, 1.82) is 0 Å². The number of hydrogen-bond acceptors (Lipinski definition) is 2. The highest BCUT2D eigenvalue weighted by Gasteiger charge is 2.15. The van der Waals surface area contributed by atoms with Gasteiger partial charge < -0.3 is 9.67 Å². The first-order chi connectivity index (χ1) is 6.88. The van der Waals surface area contributed by atoms with Crippen LogP contribution in [0.1, 0.15) is 33.0 Å². The van der Waals surface area contributed by atoms with Gasteiger partial charge in [0.15, 0.2) is 0 Å². The van der Waals surface area contributed by atoms with E-state index in [1.165, 1.54) is 0 Å². The first kappa shape index (κ1) is 11.8. The van der Waals surface area contributed by atoms with E-state index in [9.17, 15) is 4.79 Å². The molecular formula is C11H18N2O2. The van der Waals surface area contributed by atoms with Gasteiger partial charge >= 0.3 is 5.97 Å². The fourth-order valence-electron chi connectivity index (χ4n) is 1.40. The van der Waals surface area contributed by atoms with Gasteiger partial charge in [-0.3, -0.25) is 4.79 Å². The summed E-state index contributed by atoms with van der Waals surface area (Å²) in [6, 6.07) is 0. The minimum Gasteiger partial charge on any atom is -0.481 e. The lowest BCUT2D eigenvalue weighted by Gasteiger charge is -2.18. The number of aliphatic carboxylic acids is 1. The molecule has 0 radical (unpaired) electrons. The van der Waals surface area contributed by atoms with Crippen LogP contribution >= 0.6 is 0 Å². The molecule has 0 unspecified atom stereocenters. The first-order valence-electron chi connectivity index (χ1n) is 5.10. The molecule has 0 aliphatic carbocycles. The summed E-state index contributed by atoms with van der Waals surface area (Å²) < 4.78 is 1.92. The summed E-state index contributed by atoms with van der Waals surface area (Å²) in [5.74, 6) is 0.189. The summed E-state index contributed by atoms with van der Waals surface area (Å²) in [5, 5.41) is 8.60. The fraction of sp³-hybridized carbons (Fsp3) is 0.636. The number of aryl methyl sites for hydroxylation is 1. The molecule has 4 nitrogen and oxygen atoms in total. The van der Waals surface area contributed by atoms with Crippen LogP contribution in [0.25, 0.3) is 0 Å². The van der Waals surface area contributed by atoms with Gasteiger partial charge in [0, 0.05) is 25.4 Å². The smallest absolute Gasteiger partial charge is 0.305 e. The molecule has 0 atom stereocenters. The van der Waals surface area contributed by atoms with Crippen LogP contribution in [-0.4, -0.2) is 20.6 Å². The van der Waals surface area contributed by atoms with Crippen LogP contribution < -0.4 is 0 Å². The number of imidazole rings is 1. The maximum atomic E-state index is 10.5. The Bertz CT molecular complexity index is 337. The van der Waals surface area contributed by atoms with Crippen LogP contribution in [0, 0.1) is 5.41 Å². The molecule has 0 aliphatic rings. The Morgan fingerprint density at radius 2 is 2.20 bits per heavy atom. The molecule has 1 aromatic rings. The summed E-state index contributed by atoms with van der Waals surface area (Å²) in [7, 11) is 0. The lowest BCUT2D eigenvalue weighted by Crippen LogP contribution is -2.15. The van der Waals surface area contributed by atoms with Gasteiger partial charge in [0.2, 0.25) is 0 Å². The zero-order valence-electron chi connectivity index (χ0n) is 9.53. The van der Waals surface area contributed by atoms with Gasteiger partial charge in [0.05, 0.1) is 6.42 Å². The molecule has 0 aromatic carbocycles.